The summed E-state index contributed by atoms with van der Waals surface area (Å²) in [5.41, 5.74) is 8.49. The van der Waals surface area contributed by atoms with Crippen molar-refractivity contribution in [2.75, 3.05) is 12.8 Å². The lowest BCUT2D eigenvalue weighted by atomic mass is 9.63. The first-order chi connectivity index (χ1) is 13.3. The van der Waals surface area contributed by atoms with Gasteiger partial charge in [-0.25, -0.2) is 0 Å². The molecule has 0 heterocycles. The number of unbranched alkanes of at least 4 members (excludes halogenated alkanes) is 2. The van der Waals surface area contributed by atoms with Crippen LogP contribution in [0.4, 0.5) is 0 Å². The lowest BCUT2D eigenvalue weighted by molar-refractivity contribution is 0.191. The number of aryl methyl sites for hydroxylation is 3. The van der Waals surface area contributed by atoms with Crippen LogP contribution in [0.15, 0.2) is 23.8 Å². The smallest absolute Gasteiger partial charge is 0.00832 e. The Balaban J connectivity index is 2.42. The highest BCUT2D eigenvalue weighted by molar-refractivity contribution is 7.36. The van der Waals surface area contributed by atoms with Gasteiger partial charge >= 0.3 is 0 Å². The number of allylic oxidation sites excluding steroid dienone is 2. The Bertz CT molecular complexity index is 647. The zero-order valence-electron chi connectivity index (χ0n) is 19.8. The van der Waals surface area contributed by atoms with Crippen LogP contribution in [0, 0.1) is 18.3 Å². The van der Waals surface area contributed by atoms with E-state index in [1.165, 1.54) is 57.5 Å². The van der Waals surface area contributed by atoms with Gasteiger partial charge in [0.15, 0.2) is 0 Å². The van der Waals surface area contributed by atoms with Crippen molar-refractivity contribution >= 4 is 8.58 Å². The van der Waals surface area contributed by atoms with E-state index in [1.807, 2.05) is 0 Å². The largest absolute Gasteiger partial charge is 0.125 e. The summed E-state index contributed by atoms with van der Waals surface area (Å²) in [6.45, 7) is 16.7. The van der Waals surface area contributed by atoms with Crippen LogP contribution < -0.4 is 0 Å². The van der Waals surface area contributed by atoms with Crippen LogP contribution in [0.3, 0.4) is 0 Å². The summed E-state index contributed by atoms with van der Waals surface area (Å²) in [6.07, 6.45) is 14.3. The number of benzene rings is 1. The molecule has 0 spiro atoms. The zero-order chi connectivity index (χ0) is 20.7. The molecule has 1 heteroatoms. The molecular weight excluding hydrogens is 355 g/mol. The number of rotatable bonds is 9. The maximum Gasteiger partial charge on any atom is -0.00832 e. The Morgan fingerprint density at radius 1 is 1.04 bits per heavy atom. The van der Waals surface area contributed by atoms with E-state index < -0.39 is 0 Å². The molecule has 3 unspecified atom stereocenters. The fourth-order valence-corrected chi connectivity index (χ4v) is 5.72. The summed E-state index contributed by atoms with van der Waals surface area (Å²) in [5.74, 6) is 1.43. The van der Waals surface area contributed by atoms with E-state index in [0.717, 1.165) is 14.5 Å². The molecule has 28 heavy (non-hydrogen) atoms. The molecule has 0 radical (unpaired) electrons. The highest BCUT2D eigenvalue weighted by atomic mass is 31.1. The molecule has 0 fully saturated rings. The molecule has 0 N–H and O–H groups in total. The van der Waals surface area contributed by atoms with Gasteiger partial charge in [0.25, 0.3) is 0 Å². The summed E-state index contributed by atoms with van der Waals surface area (Å²) in [4.78, 5) is 0. The van der Waals surface area contributed by atoms with Crippen LogP contribution in [-0.4, -0.2) is 12.8 Å². The Morgan fingerprint density at radius 2 is 1.79 bits per heavy atom. The average Bonchev–Trinajstić information content (AvgIpc) is 2.61. The molecule has 0 amide bonds. The monoisotopic (exact) mass is 400 g/mol. The fraction of sp³-hybridized carbons (Fsp3) is 0.704. The van der Waals surface area contributed by atoms with Crippen molar-refractivity contribution in [3.8, 4) is 0 Å². The Kier molecular flexibility index (Phi) is 9.27. The van der Waals surface area contributed by atoms with Crippen LogP contribution >= 0.6 is 8.58 Å². The third kappa shape index (κ3) is 6.45. The summed E-state index contributed by atoms with van der Waals surface area (Å²) >= 11 is 0. The van der Waals surface area contributed by atoms with Gasteiger partial charge in [0.2, 0.25) is 0 Å². The molecule has 0 bridgehead atoms. The quantitative estimate of drug-likeness (QED) is 0.221. The molecule has 0 nitrogen and oxygen atoms in total. The van der Waals surface area contributed by atoms with Gasteiger partial charge in [0.05, 0.1) is 0 Å². The first-order valence-electron chi connectivity index (χ1n) is 11.7. The first-order valence-corrected chi connectivity index (χ1v) is 13.4. The number of hydrogen-bond acceptors (Lipinski definition) is 0. The maximum absolute atomic E-state index is 2.60. The second-order valence-corrected chi connectivity index (χ2v) is 11.4. The van der Waals surface area contributed by atoms with E-state index >= 15 is 0 Å². The normalized spacial score (nSPS) is 20.8. The van der Waals surface area contributed by atoms with Crippen molar-refractivity contribution in [3.63, 3.8) is 0 Å². The standard InChI is InChI=1S/C27H45P/c1-8-9-10-12-22-18-21(3)26(23(19-22)13-11-16-28-7)24-17-20(2)14-15-25(24)27(4,5)6/h14,18-19,24-25,28H,8-13,15-17H2,1-7H3. The molecule has 0 saturated heterocycles. The highest BCUT2D eigenvalue weighted by Gasteiger charge is 2.36. The minimum absolute atomic E-state index is 0.357. The van der Waals surface area contributed by atoms with E-state index in [4.69, 9.17) is 0 Å². The van der Waals surface area contributed by atoms with Gasteiger partial charge in [-0.3, -0.25) is 0 Å². The van der Waals surface area contributed by atoms with Crippen LogP contribution in [-0.2, 0) is 12.8 Å². The minimum Gasteiger partial charge on any atom is -0.125 e. The summed E-state index contributed by atoms with van der Waals surface area (Å²) < 4.78 is 0. The Labute approximate surface area is 177 Å². The SMILES string of the molecule is CCCCCc1cc(C)c(C2CC(C)=CCC2C(C)(C)C)c(CCCPC)c1. The van der Waals surface area contributed by atoms with Gasteiger partial charge in [0, 0.05) is 0 Å². The molecule has 2 rings (SSSR count). The van der Waals surface area contributed by atoms with E-state index in [9.17, 15) is 0 Å². The van der Waals surface area contributed by atoms with Gasteiger partial charge in [-0.2, -0.15) is 0 Å². The van der Waals surface area contributed by atoms with Crippen molar-refractivity contribution < 1.29 is 0 Å². The van der Waals surface area contributed by atoms with E-state index in [0.29, 0.717) is 11.3 Å². The molecule has 0 aliphatic heterocycles. The molecule has 1 aromatic carbocycles. The Hall–Kier alpha value is -0.610. The molecular formula is C27H45P. The van der Waals surface area contributed by atoms with Crippen molar-refractivity contribution in [3.05, 3.63) is 46.0 Å². The van der Waals surface area contributed by atoms with E-state index in [2.05, 4.69) is 66.4 Å². The zero-order valence-corrected chi connectivity index (χ0v) is 20.8. The average molecular weight is 401 g/mol. The summed E-state index contributed by atoms with van der Waals surface area (Å²) in [5, 5.41) is 0. The van der Waals surface area contributed by atoms with Crippen molar-refractivity contribution in [2.24, 2.45) is 11.3 Å². The number of hydrogen-bond donors (Lipinski definition) is 0. The summed E-state index contributed by atoms with van der Waals surface area (Å²) in [7, 11) is 1.08. The molecule has 3 atom stereocenters. The van der Waals surface area contributed by atoms with Crippen molar-refractivity contribution in [2.45, 2.75) is 98.8 Å². The van der Waals surface area contributed by atoms with Crippen molar-refractivity contribution in [1.82, 2.24) is 0 Å². The third-order valence-corrected chi connectivity index (χ3v) is 7.56. The van der Waals surface area contributed by atoms with Crippen LogP contribution in [0.5, 0.6) is 0 Å². The van der Waals surface area contributed by atoms with Crippen LogP contribution in [0.2, 0.25) is 0 Å². The van der Waals surface area contributed by atoms with Gasteiger partial charge in [-0.15, -0.1) is 8.58 Å². The lowest BCUT2D eigenvalue weighted by Gasteiger charge is -2.41. The molecule has 1 aromatic rings. The highest BCUT2D eigenvalue weighted by Crippen LogP contribution is 2.48. The first kappa shape index (κ1) is 23.7. The van der Waals surface area contributed by atoms with E-state index in [1.54, 1.807) is 27.8 Å². The van der Waals surface area contributed by atoms with Crippen LogP contribution in [0.1, 0.15) is 101 Å². The molecule has 1 aliphatic rings. The topological polar surface area (TPSA) is 0 Å². The molecule has 158 valence electrons. The van der Waals surface area contributed by atoms with Gasteiger partial charge in [0.1, 0.15) is 0 Å². The predicted octanol–water partition coefficient (Wildman–Crippen LogP) is 8.45. The minimum atomic E-state index is 0.357. The van der Waals surface area contributed by atoms with Gasteiger partial charge in [-0.05, 0) is 105 Å². The van der Waals surface area contributed by atoms with Gasteiger partial charge < -0.3 is 0 Å². The van der Waals surface area contributed by atoms with Gasteiger partial charge in [-0.1, -0.05) is 64.3 Å². The maximum atomic E-state index is 2.60. The second-order valence-electron chi connectivity index (χ2n) is 10.2. The lowest BCUT2D eigenvalue weighted by Crippen LogP contribution is -2.30. The third-order valence-electron chi connectivity index (χ3n) is 6.71. The molecule has 0 aromatic heterocycles. The molecule has 0 saturated carbocycles. The summed E-state index contributed by atoms with van der Waals surface area (Å²) in [6, 6.07) is 5.13. The van der Waals surface area contributed by atoms with E-state index in [-0.39, 0.29) is 0 Å². The predicted molar refractivity (Wildman–Crippen MR) is 131 cm³/mol. The van der Waals surface area contributed by atoms with Crippen molar-refractivity contribution in [1.29, 1.82) is 0 Å². The molecule has 1 aliphatic carbocycles. The fourth-order valence-electron chi connectivity index (χ4n) is 5.19. The Morgan fingerprint density at radius 3 is 2.43 bits per heavy atom. The van der Waals surface area contributed by atoms with Crippen LogP contribution in [0.25, 0.3) is 0 Å². The second kappa shape index (κ2) is 11.0.